The first-order valence-corrected chi connectivity index (χ1v) is 9.86. The minimum atomic E-state index is -0.218. The Hall–Kier alpha value is -0.0551. The van der Waals surface area contributed by atoms with E-state index in [1.54, 1.807) is 0 Å². The number of rotatable bonds is 4. The van der Waals surface area contributed by atoms with Crippen molar-refractivity contribution in [1.29, 1.82) is 0 Å². The van der Waals surface area contributed by atoms with Crippen LogP contribution in [0.15, 0.2) is 0 Å². The Balaban J connectivity index is 1.58. The molecule has 1 heterocycles. The van der Waals surface area contributed by atoms with E-state index in [4.69, 9.17) is 14.0 Å². The molecule has 0 N–H and O–H groups in total. The zero-order valence-corrected chi connectivity index (χ0v) is 15.6. The molecular formula is C19H35BO3. The normalized spacial score (nSPS) is 34.7. The molecule has 0 spiro atoms. The molecule has 1 saturated heterocycles. The second-order valence-corrected chi connectivity index (χ2v) is 8.93. The molecule has 23 heavy (non-hydrogen) atoms. The van der Waals surface area contributed by atoms with Gasteiger partial charge in [-0.05, 0) is 58.7 Å². The molecule has 0 bridgehead atoms. The van der Waals surface area contributed by atoms with Crippen molar-refractivity contribution >= 4 is 7.12 Å². The van der Waals surface area contributed by atoms with Crippen molar-refractivity contribution in [2.24, 2.45) is 5.92 Å². The quantitative estimate of drug-likeness (QED) is 0.683. The number of hydrogen-bond donors (Lipinski definition) is 0. The lowest BCUT2D eigenvalue weighted by Gasteiger charge is -2.34. The van der Waals surface area contributed by atoms with Gasteiger partial charge in [-0.2, -0.15) is 0 Å². The molecule has 132 valence electrons. The molecule has 0 radical (unpaired) electrons. The third-order valence-corrected chi connectivity index (χ3v) is 6.69. The fourth-order valence-electron chi connectivity index (χ4n) is 4.36. The van der Waals surface area contributed by atoms with Gasteiger partial charge in [0, 0.05) is 6.61 Å². The van der Waals surface area contributed by atoms with Gasteiger partial charge in [-0.1, -0.05) is 38.5 Å². The summed E-state index contributed by atoms with van der Waals surface area (Å²) in [5.74, 6) is 1.09. The van der Waals surface area contributed by atoms with E-state index >= 15 is 0 Å². The minimum absolute atomic E-state index is 0.0553. The van der Waals surface area contributed by atoms with Gasteiger partial charge in [-0.15, -0.1) is 0 Å². The van der Waals surface area contributed by atoms with Crippen molar-refractivity contribution < 1.29 is 14.0 Å². The van der Waals surface area contributed by atoms with Gasteiger partial charge in [0.15, 0.2) is 0 Å². The summed E-state index contributed by atoms with van der Waals surface area (Å²) in [5, 5.41) is 0. The fraction of sp³-hybridized carbons (Fsp3) is 1.00. The van der Waals surface area contributed by atoms with E-state index in [2.05, 4.69) is 27.7 Å². The van der Waals surface area contributed by atoms with E-state index in [1.165, 1.54) is 57.8 Å². The third kappa shape index (κ3) is 3.96. The van der Waals surface area contributed by atoms with E-state index in [-0.39, 0.29) is 18.3 Å². The van der Waals surface area contributed by atoms with Crippen molar-refractivity contribution in [2.75, 3.05) is 6.61 Å². The van der Waals surface area contributed by atoms with Crippen LogP contribution in [0.5, 0.6) is 0 Å². The van der Waals surface area contributed by atoms with E-state index in [9.17, 15) is 0 Å². The van der Waals surface area contributed by atoms with Crippen molar-refractivity contribution in [1.82, 2.24) is 0 Å². The topological polar surface area (TPSA) is 27.7 Å². The Morgan fingerprint density at radius 1 is 0.826 bits per heavy atom. The zero-order valence-electron chi connectivity index (χ0n) is 15.6. The molecule has 2 aliphatic carbocycles. The maximum absolute atomic E-state index is 6.35. The Morgan fingerprint density at radius 2 is 1.39 bits per heavy atom. The minimum Gasteiger partial charge on any atom is -0.403 e. The maximum Gasteiger partial charge on any atom is 0.461 e. The monoisotopic (exact) mass is 322 g/mol. The van der Waals surface area contributed by atoms with Gasteiger partial charge in [0.1, 0.15) is 0 Å². The molecule has 0 aromatic carbocycles. The van der Waals surface area contributed by atoms with Crippen LogP contribution in [0, 0.1) is 5.92 Å². The predicted molar refractivity (Wildman–Crippen MR) is 94.6 cm³/mol. The van der Waals surface area contributed by atoms with Crippen LogP contribution in [0.4, 0.5) is 0 Å². The van der Waals surface area contributed by atoms with Crippen molar-refractivity contribution in [2.45, 2.75) is 109 Å². The van der Waals surface area contributed by atoms with Gasteiger partial charge >= 0.3 is 7.12 Å². The lowest BCUT2D eigenvalue weighted by Crippen LogP contribution is -2.41. The van der Waals surface area contributed by atoms with Crippen LogP contribution < -0.4 is 0 Å². The SMILES string of the molecule is CC1(C)OB(C2CCCCC2COC2CCCCC2)OC1(C)C. The summed E-state index contributed by atoms with van der Waals surface area (Å²) in [6.07, 6.45) is 12.2. The first-order chi connectivity index (χ1) is 10.9. The average Bonchev–Trinajstić information content (AvgIpc) is 2.75. The second kappa shape index (κ2) is 7.05. The molecule has 0 aromatic heterocycles. The first kappa shape index (κ1) is 17.8. The lowest BCUT2D eigenvalue weighted by atomic mass is 9.59. The van der Waals surface area contributed by atoms with Gasteiger partial charge in [0.25, 0.3) is 0 Å². The zero-order chi connectivity index (χ0) is 16.5. The maximum atomic E-state index is 6.35. The van der Waals surface area contributed by atoms with Crippen molar-refractivity contribution in [3.05, 3.63) is 0 Å². The summed E-state index contributed by atoms with van der Waals surface area (Å²) >= 11 is 0. The first-order valence-electron chi connectivity index (χ1n) is 9.86. The molecular weight excluding hydrogens is 287 g/mol. The number of hydrogen-bond acceptors (Lipinski definition) is 3. The summed E-state index contributed by atoms with van der Waals surface area (Å²) in [7, 11) is -0.0553. The highest BCUT2D eigenvalue weighted by atomic mass is 16.7. The molecule has 3 rings (SSSR count). The van der Waals surface area contributed by atoms with Crippen LogP contribution in [0.3, 0.4) is 0 Å². The highest BCUT2D eigenvalue weighted by molar-refractivity contribution is 6.47. The summed E-state index contributed by atoms with van der Waals surface area (Å²) in [6.45, 7) is 9.53. The van der Waals surface area contributed by atoms with E-state index in [0.29, 0.717) is 17.8 Å². The lowest BCUT2D eigenvalue weighted by molar-refractivity contribution is -0.00125. The summed E-state index contributed by atoms with van der Waals surface area (Å²) in [6, 6.07) is 0. The van der Waals surface area contributed by atoms with Gasteiger partial charge in [0.05, 0.1) is 17.3 Å². The van der Waals surface area contributed by atoms with Gasteiger partial charge < -0.3 is 14.0 Å². The molecule has 0 amide bonds. The predicted octanol–water partition coefficient (Wildman–Crippen LogP) is 4.99. The molecule has 2 atom stereocenters. The van der Waals surface area contributed by atoms with Crippen LogP contribution in [0.25, 0.3) is 0 Å². The molecule has 3 fully saturated rings. The third-order valence-electron chi connectivity index (χ3n) is 6.69. The van der Waals surface area contributed by atoms with Gasteiger partial charge in [0.2, 0.25) is 0 Å². The summed E-state index contributed by atoms with van der Waals surface area (Å²) in [4.78, 5) is 0. The Morgan fingerprint density at radius 3 is 2.04 bits per heavy atom. The number of ether oxygens (including phenoxy) is 1. The fourth-order valence-corrected chi connectivity index (χ4v) is 4.36. The highest BCUT2D eigenvalue weighted by Crippen LogP contribution is 2.46. The molecule has 4 heteroatoms. The molecule has 1 aliphatic heterocycles. The average molecular weight is 322 g/mol. The molecule has 3 nitrogen and oxygen atoms in total. The summed E-state index contributed by atoms with van der Waals surface area (Å²) in [5.41, 5.74) is -0.437. The molecule has 2 unspecified atom stereocenters. The standard InChI is InChI=1S/C19H35BO3/c1-18(2)19(3,4)23-20(22-18)17-13-9-8-10-15(17)14-21-16-11-6-5-7-12-16/h15-17H,5-14H2,1-4H3. The van der Waals surface area contributed by atoms with Gasteiger partial charge in [-0.25, -0.2) is 0 Å². The summed E-state index contributed by atoms with van der Waals surface area (Å²) < 4.78 is 19.0. The molecule has 3 aliphatic rings. The molecule has 2 saturated carbocycles. The van der Waals surface area contributed by atoms with Crippen molar-refractivity contribution in [3.63, 3.8) is 0 Å². The van der Waals surface area contributed by atoms with Crippen LogP contribution >= 0.6 is 0 Å². The Kier molecular flexibility index (Phi) is 5.45. The van der Waals surface area contributed by atoms with E-state index in [1.807, 2.05) is 0 Å². The Labute approximate surface area is 143 Å². The highest BCUT2D eigenvalue weighted by Gasteiger charge is 2.55. The van der Waals surface area contributed by atoms with Gasteiger partial charge in [-0.3, -0.25) is 0 Å². The van der Waals surface area contributed by atoms with Crippen LogP contribution in [-0.2, 0) is 14.0 Å². The van der Waals surface area contributed by atoms with Crippen LogP contribution in [0.1, 0.15) is 85.5 Å². The van der Waals surface area contributed by atoms with Crippen molar-refractivity contribution in [3.8, 4) is 0 Å². The largest absolute Gasteiger partial charge is 0.461 e. The Bertz CT molecular complexity index is 374. The van der Waals surface area contributed by atoms with E-state index < -0.39 is 0 Å². The molecule has 0 aromatic rings. The van der Waals surface area contributed by atoms with E-state index in [0.717, 1.165) is 6.61 Å². The van der Waals surface area contributed by atoms with Crippen LogP contribution in [0.2, 0.25) is 5.82 Å². The van der Waals surface area contributed by atoms with Crippen LogP contribution in [-0.4, -0.2) is 31.0 Å². The smallest absolute Gasteiger partial charge is 0.403 e. The second-order valence-electron chi connectivity index (χ2n) is 8.93.